The summed E-state index contributed by atoms with van der Waals surface area (Å²) in [4.78, 5) is 36.0. The molecule has 3 amide bonds. The van der Waals surface area contributed by atoms with E-state index in [1.165, 1.54) is 11.8 Å². The highest BCUT2D eigenvalue weighted by atomic mass is 32.2. The van der Waals surface area contributed by atoms with Gasteiger partial charge in [-0.05, 0) is 31.0 Å². The molecule has 1 aliphatic heterocycles. The molecule has 1 heterocycles. The molecule has 27 heavy (non-hydrogen) atoms. The number of carbonyl (C=O) groups is 3. The Bertz CT molecular complexity index is 705. The fraction of sp³-hybridized carbons (Fsp3) is 0.500. The first-order valence-electron chi connectivity index (χ1n) is 8.88. The van der Waals surface area contributed by atoms with Gasteiger partial charge in [0.1, 0.15) is 13.2 Å². The van der Waals surface area contributed by atoms with Crippen LogP contribution in [-0.4, -0.2) is 49.5 Å². The minimum Gasteiger partial charge on any atom is -0.486 e. The van der Waals surface area contributed by atoms with Gasteiger partial charge >= 0.3 is 12.0 Å². The highest BCUT2D eigenvalue weighted by molar-refractivity contribution is 8.00. The second kappa shape index (κ2) is 9.50. The van der Waals surface area contributed by atoms with E-state index in [9.17, 15) is 14.4 Å². The average molecular weight is 394 g/mol. The molecule has 0 bridgehead atoms. The summed E-state index contributed by atoms with van der Waals surface area (Å²) in [6.45, 7) is 0.526. The van der Waals surface area contributed by atoms with Crippen molar-refractivity contribution in [2.75, 3.05) is 25.6 Å². The van der Waals surface area contributed by atoms with E-state index in [0.717, 1.165) is 30.6 Å². The van der Waals surface area contributed by atoms with Gasteiger partial charge in [0.25, 0.3) is 5.91 Å². The monoisotopic (exact) mass is 394 g/mol. The van der Waals surface area contributed by atoms with E-state index in [1.54, 1.807) is 12.1 Å². The van der Waals surface area contributed by atoms with Crippen LogP contribution in [0.25, 0.3) is 0 Å². The number of carbonyl (C=O) groups excluding carboxylic acids is 3. The fourth-order valence-corrected chi connectivity index (χ4v) is 3.62. The van der Waals surface area contributed by atoms with Crippen LogP contribution in [0.5, 0.6) is 11.5 Å². The molecule has 1 aromatic carbocycles. The third kappa shape index (κ3) is 6.06. The molecule has 146 valence electrons. The fourth-order valence-electron chi connectivity index (χ4n) is 2.90. The van der Waals surface area contributed by atoms with Crippen LogP contribution in [0.2, 0.25) is 0 Å². The normalized spacial score (nSPS) is 15.9. The molecule has 9 heteroatoms. The van der Waals surface area contributed by atoms with Gasteiger partial charge in [-0.2, -0.15) is 0 Å². The lowest BCUT2D eigenvalue weighted by Gasteiger charge is -2.18. The predicted octanol–water partition coefficient (Wildman–Crippen LogP) is 1.86. The molecule has 1 aromatic rings. The van der Waals surface area contributed by atoms with Gasteiger partial charge in [-0.15, -0.1) is 11.8 Å². The summed E-state index contributed by atoms with van der Waals surface area (Å²) >= 11 is 1.27. The van der Waals surface area contributed by atoms with Gasteiger partial charge in [-0.25, -0.2) is 4.79 Å². The van der Waals surface area contributed by atoms with E-state index in [4.69, 9.17) is 14.2 Å². The second-order valence-electron chi connectivity index (χ2n) is 6.26. The van der Waals surface area contributed by atoms with Crippen molar-refractivity contribution in [2.45, 2.75) is 36.6 Å². The lowest BCUT2D eigenvalue weighted by atomic mass is 10.2. The van der Waals surface area contributed by atoms with Gasteiger partial charge < -0.3 is 19.5 Å². The number of rotatable bonds is 6. The van der Waals surface area contributed by atoms with Crippen molar-refractivity contribution < 1.29 is 28.6 Å². The van der Waals surface area contributed by atoms with Crippen molar-refractivity contribution in [3.63, 3.8) is 0 Å². The summed E-state index contributed by atoms with van der Waals surface area (Å²) in [5.41, 5.74) is 0. The zero-order chi connectivity index (χ0) is 19.1. The maximum absolute atomic E-state index is 11.8. The van der Waals surface area contributed by atoms with Crippen molar-refractivity contribution in [3.05, 3.63) is 18.2 Å². The smallest absolute Gasteiger partial charge is 0.321 e. The number of fused-ring (bicyclic) bond motifs is 1. The number of benzene rings is 1. The summed E-state index contributed by atoms with van der Waals surface area (Å²) in [7, 11) is 0. The van der Waals surface area contributed by atoms with Crippen LogP contribution >= 0.6 is 11.8 Å². The Morgan fingerprint density at radius 3 is 2.63 bits per heavy atom. The zero-order valence-electron chi connectivity index (χ0n) is 14.8. The Hall–Kier alpha value is -2.42. The van der Waals surface area contributed by atoms with Crippen molar-refractivity contribution in [2.24, 2.45) is 0 Å². The summed E-state index contributed by atoms with van der Waals surface area (Å²) in [5, 5.41) is 4.90. The van der Waals surface area contributed by atoms with Gasteiger partial charge in [0.15, 0.2) is 18.1 Å². The molecule has 0 unspecified atom stereocenters. The molecule has 2 aliphatic rings. The highest BCUT2D eigenvalue weighted by Gasteiger charge is 2.19. The molecule has 1 fully saturated rings. The molecule has 0 atom stereocenters. The van der Waals surface area contributed by atoms with Crippen LogP contribution < -0.4 is 20.1 Å². The maximum atomic E-state index is 11.8. The summed E-state index contributed by atoms with van der Waals surface area (Å²) in [6, 6.07) is 4.98. The van der Waals surface area contributed by atoms with Crippen LogP contribution in [0.15, 0.2) is 23.1 Å². The minimum absolute atomic E-state index is 0.0429. The van der Waals surface area contributed by atoms with Gasteiger partial charge in [0, 0.05) is 10.9 Å². The minimum atomic E-state index is -0.650. The zero-order valence-corrected chi connectivity index (χ0v) is 15.6. The average Bonchev–Trinajstić information content (AvgIpc) is 3.17. The molecule has 3 rings (SSSR count). The largest absolute Gasteiger partial charge is 0.486 e. The number of nitrogens with one attached hydrogen (secondary N) is 2. The standard InChI is InChI=1S/C18H22N2O6S/c21-16(20-18(23)19-12-3-1-2-4-12)10-26-17(22)11-27-13-5-6-14-15(9-13)25-8-7-24-14/h5-6,9,12H,1-4,7-8,10-11H2,(H2,19,20,21,23). The quantitative estimate of drug-likeness (QED) is 0.561. The Kier molecular flexibility index (Phi) is 6.80. The van der Waals surface area contributed by atoms with Crippen LogP contribution in [0.1, 0.15) is 25.7 Å². The van der Waals surface area contributed by atoms with Gasteiger partial charge in [0.2, 0.25) is 0 Å². The van der Waals surface area contributed by atoms with Gasteiger partial charge in [0.05, 0.1) is 5.75 Å². The number of ether oxygens (including phenoxy) is 3. The van der Waals surface area contributed by atoms with Crippen LogP contribution in [0.3, 0.4) is 0 Å². The van der Waals surface area contributed by atoms with Crippen molar-refractivity contribution in [1.29, 1.82) is 0 Å². The lowest BCUT2D eigenvalue weighted by Crippen LogP contribution is -2.45. The van der Waals surface area contributed by atoms with E-state index in [-0.39, 0.29) is 11.8 Å². The van der Waals surface area contributed by atoms with Crippen molar-refractivity contribution in [3.8, 4) is 11.5 Å². The van der Waals surface area contributed by atoms with Crippen molar-refractivity contribution in [1.82, 2.24) is 10.6 Å². The van der Waals surface area contributed by atoms with Crippen LogP contribution in [0, 0.1) is 0 Å². The second-order valence-corrected chi connectivity index (χ2v) is 7.31. The number of hydrogen-bond acceptors (Lipinski definition) is 7. The van der Waals surface area contributed by atoms with Gasteiger partial charge in [-0.3, -0.25) is 14.9 Å². The topological polar surface area (TPSA) is 103 Å². The first kappa shape index (κ1) is 19.3. The molecular formula is C18H22N2O6S. The Labute approximate surface area is 161 Å². The molecule has 1 saturated carbocycles. The predicted molar refractivity (Wildman–Crippen MR) is 98.0 cm³/mol. The van der Waals surface area contributed by atoms with Crippen molar-refractivity contribution >= 4 is 29.7 Å². The van der Waals surface area contributed by atoms with Crippen LogP contribution in [0.4, 0.5) is 4.79 Å². The van der Waals surface area contributed by atoms with E-state index >= 15 is 0 Å². The van der Waals surface area contributed by atoms with E-state index in [2.05, 4.69) is 10.6 Å². The van der Waals surface area contributed by atoms with Crippen LogP contribution in [-0.2, 0) is 14.3 Å². The van der Waals surface area contributed by atoms with E-state index in [0.29, 0.717) is 24.7 Å². The number of hydrogen-bond donors (Lipinski definition) is 2. The Morgan fingerprint density at radius 2 is 1.85 bits per heavy atom. The molecule has 1 aliphatic carbocycles. The Morgan fingerprint density at radius 1 is 1.11 bits per heavy atom. The third-order valence-electron chi connectivity index (χ3n) is 4.18. The molecule has 8 nitrogen and oxygen atoms in total. The molecule has 0 radical (unpaired) electrons. The number of esters is 1. The first-order valence-corrected chi connectivity index (χ1v) is 9.87. The highest BCUT2D eigenvalue weighted by Crippen LogP contribution is 2.34. The van der Waals surface area contributed by atoms with E-state index in [1.807, 2.05) is 6.07 Å². The SMILES string of the molecule is O=C(COC(=O)CSc1ccc2c(c1)OCCO2)NC(=O)NC1CCCC1. The number of amides is 3. The first-order chi connectivity index (χ1) is 13.1. The molecular weight excluding hydrogens is 372 g/mol. The molecule has 2 N–H and O–H groups in total. The molecule has 0 saturated heterocycles. The van der Waals surface area contributed by atoms with Gasteiger partial charge in [-0.1, -0.05) is 12.8 Å². The molecule has 0 aromatic heterocycles. The lowest BCUT2D eigenvalue weighted by molar-refractivity contribution is -0.145. The van der Waals surface area contributed by atoms with E-state index < -0.39 is 24.5 Å². The maximum Gasteiger partial charge on any atom is 0.321 e. The Balaban J connectivity index is 1.34. The summed E-state index contributed by atoms with van der Waals surface area (Å²) in [5.74, 6) is 0.179. The summed E-state index contributed by atoms with van der Waals surface area (Å²) < 4.78 is 15.8. The summed E-state index contributed by atoms with van der Waals surface area (Å²) in [6.07, 6.45) is 4.01. The molecule has 0 spiro atoms. The number of urea groups is 1. The number of imide groups is 1. The third-order valence-corrected chi connectivity index (χ3v) is 5.15. The number of thioether (sulfide) groups is 1.